The predicted molar refractivity (Wildman–Crippen MR) is 68.7 cm³/mol. The van der Waals surface area contributed by atoms with Crippen molar-refractivity contribution >= 4 is 21.9 Å². The Labute approximate surface area is 113 Å². The van der Waals surface area contributed by atoms with Gasteiger partial charge in [0.25, 0.3) is 0 Å². The van der Waals surface area contributed by atoms with Crippen LogP contribution >= 0.6 is 15.9 Å². The van der Waals surface area contributed by atoms with Gasteiger partial charge in [0.15, 0.2) is 0 Å². The van der Waals surface area contributed by atoms with Crippen molar-refractivity contribution in [2.45, 2.75) is 25.7 Å². The van der Waals surface area contributed by atoms with E-state index in [4.69, 9.17) is 0 Å². The van der Waals surface area contributed by atoms with Gasteiger partial charge in [-0.15, -0.1) is 0 Å². The lowest BCUT2D eigenvalue weighted by Crippen LogP contribution is -2.32. The van der Waals surface area contributed by atoms with Crippen LogP contribution in [0.5, 0.6) is 0 Å². The Morgan fingerprint density at radius 1 is 1.44 bits per heavy atom. The Balaban J connectivity index is 1.89. The number of carboxylic acid groups (broad SMARTS) is 1. The topological polar surface area (TPSA) is 37.3 Å². The van der Waals surface area contributed by atoms with Gasteiger partial charge in [-0.2, -0.15) is 0 Å². The molecule has 4 heteroatoms. The number of carboxylic acids is 1. The third kappa shape index (κ3) is 1.87. The van der Waals surface area contributed by atoms with Crippen LogP contribution in [0.15, 0.2) is 22.7 Å². The number of benzene rings is 1. The third-order valence-corrected chi connectivity index (χ3v) is 5.28. The fraction of sp³-hybridized carbons (Fsp3) is 0.500. The zero-order valence-electron chi connectivity index (χ0n) is 9.83. The molecule has 0 amide bonds. The van der Waals surface area contributed by atoms with Gasteiger partial charge in [0.05, 0.1) is 9.89 Å². The van der Waals surface area contributed by atoms with E-state index in [1.54, 1.807) is 6.07 Å². The highest BCUT2D eigenvalue weighted by molar-refractivity contribution is 9.10. The van der Waals surface area contributed by atoms with Crippen molar-refractivity contribution in [1.82, 2.24) is 0 Å². The van der Waals surface area contributed by atoms with E-state index in [1.807, 2.05) is 6.07 Å². The van der Waals surface area contributed by atoms with Crippen LogP contribution in [0.2, 0.25) is 0 Å². The lowest BCUT2D eigenvalue weighted by atomic mass is 9.77. The standard InChI is InChI=1S/C14H14BrFO2/c15-12-8(2-1-3-11(12)16)5-14(13(17)18)6-9-4-10(9)7-14/h1-3,9-10H,4-7H2,(H,17,18). The molecule has 1 aromatic carbocycles. The monoisotopic (exact) mass is 312 g/mol. The molecular weight excluding hydrogens is 299 g/mol. The average molecular weight is 313 g/mol. The summed E-state index contributed by atoms with van der Waals surface area (Å²) >= 11 is 3.22. The van der Waals surface area contributed by atoms with E-state index >= 15 is 0 Å². The zero-order chi connectivity index (χ0) is 12.9. The molecule has 2 saturated carbocycles. The van der Waals surface area contributed by atoms with Gasteiger partial charge < -0.3 is 5.11 Å². The second kappa shape index (κ2) is 4.05. The van der Waals surface area contributed by atoms with E-state index < -0.39 is 11.4 Å². The quantitative estimate of drug-likeness (QED) is 0.925. The maximum atomic E-state index is 13.5. The molecule has 2 fully saturated rings. The lowest BCUT2D eigenvalue weighted by molar-refractivity contribution is -0.149. The van der Waals surface area contributed by atoms with Crippen molar-refractivity contribution in [2.24, 2.45) is 17.3 Å². The predicted octanol–water partition coefficient (Wildman–Crippen LogP) is 3.63. The van der Waals surface area contributed by atoms with Crippen molar-refractivity contribution in [3.05, 3.63) is 34.1 Å². The van der Waals surface area contributed by atoms with E-state index in [9.17, 15) is 14.3 Å². The zero-order valence-corrected chi connectivity index (χ0v) is 11.4. The molecule has 1 aromatic rings. The minimum Gasteiger partial charge on any atom is -0.481 e. The molecule has 3 rings (SSSR count). The first-order valence-electron chi connectivity index (χ1n) is 6.18. The van der Waals surface area contributed by atoms with E-state index in [2.05, 4.69) is 15.9 Å². The van der Waals surface area contributed by atoms with E-state index in [0.717, 1.165) is 18.4 Å². The summed E-state index contributed by atoms with van der Waals surface area (Å²) in [7, 11) is 0. The second-order valence-electron chi connectivity index (χ2n) is 5.64. The Hall–Kier alpha value is -0.900. The Morgan fingerprint density at radius 2 is 2.11 bits per heavy atom. The molecule has 0 aromatic heterocycles. The Morgan fingerprint density at radius 3 is 2.72 bits per heavy atom. The summed E-state index contributed by atoms with van der Waals surface area (Å²) in [6.07, 6.45) is 3.10. The highest BCUT2D eigenvalue weighted by Crippen LogP contribution is 2.61. The molecule has 1 N–H and O–H groups in total. The minimum absolute atomic E-state index is 0.323. The molecule has 0 radical (unpaired) electrons. The highest BCUT2D eigenvalue weighted by atomic mass is 79.9. The first-order valence-corrected chi connectivity index (χ1v) is 6.97. The number of fused-ring (bicyclic) bond motifs is 1. The van der Waals surface area contributed by atoms with Crippen LogP contribution < -0.4 is 0 Å². The van der Waals surface area contributed by atoms with Gasteiger partial charge in [-0.25, -0.2) is 4.39 Å². The molecule has 96 valence electrons. The van der Waals surface area contributed by atoms with E-state index in [0.29, 0.717) is 22.7 Å². The smallest absolute Gasteiger partial charge is 0.309 e. The number of halogens is 2. The summed E-state index contributed by atoms with van der Waals surface area (Å²) in [6, 6.07) is 4.83. The van der Waals surface area contributed by atoms with Gasteiger partial charge in [-0.3, -0.25) is 4.79 Å². The number of aliphatic carboxylic acids is 1. The van der Waals surface area contributed by atoms with Crippen molar-refractivity contribution < 1.29 is 14.3 Å². The van der Waals surface area contributed by atoms with Gasteiger partial charge in [-0.1, -0.05) is 12.1 Å². The van der Waals surface area contributed by atoms with E-state index in [1.165, 1.54) is 12.5 Å². The van der Waals surface area contributed by atoms with Crippen LogP contribution in [0, 0.1) is 23.1 Å². The first-order chi connectivity index (χ1) is 8.52. The van der Waals surface area contributed by atoms with Crippen LogP contribution in [0.1, 0.15) is 24.8 Å². The fourth-order valence-corrected chi connectivity index (χ4v) is 3.75. The van der Waals surface area contributed by atoms with Gasteiger partial charge in [-0.05, 0) is 65.1 Å². The van der Waals surface area contributed by atoms with Crippen LogP contribution in [0.25, 0.3) is 0 Å². The summed E-state index contributed by atoms with van der Waals surface area (Å²) < 4.78 is 13.9. The molecule has 2 aliphatic rings. The number of hydrogen-bond donors (Lipinski definition) is 1. The molecule has 0 saturated heterocycles. The maximum Gasteiger partial charge on any atom is 0.309 e. The summed E-state index contributed by atoms with van der Waals surface area (Å²) in [5, 5.41) is 9.51. The Bertz CT molecular complexity index is 505. The summed E-state index contributed by atoms with van der Waals surface area (Å²) in [5.74, 6) is 0.129. The van der Waals surface area contributed by atoms with Gasteiger partial charge in [0, 0.05) is 0 Å². The van der Waals surface area contributed by atoms with Crippen molar-refractivity contribution in [3.8, 4) is 0 Å². The normalized spacial score (nSPS) is 33.2. The van der Waals surface area contributed by atoms with Gasteiger partial charge >= 0.3 is 5.97 Å². The van der Waals surface area contributed by atoms with Crippen molar-refractivity contribution in [2.75, 3.05) is 0 Å². The summed E-state index contributed by atoms with van der Waals surface area (Å²) in [5.41, 5.74) is 0.0860. The van der Waals surface area contributed by atoms with E-state index in [-0.39, 0.29) is 5.82 Å². The largest absolute Gasteiger partial charge is 0.481 e. The summed E-state index contributed by atoms with van der Waals surface area (Å²) in [6.45, 7) is 0. The molecule has 2 unspecified atom stereocenters. The molecule has 2 nitrogen and oxygen atoms in total. The highest BCUT2D eigenvalue weighted by Gasteiger charge is 2.57. The Kier molecular flexibility index (Phi) is 2.73. The number of hydrogen-bond acceptors (Lipinski definition) is 1. The van der Waals surface area contributed by atoms with Gasteiger partial charge in [0.2, 0.25) is 0 Å². The fourth-order valence-electron chi connectivity index (χ4n) is 3.34. The summed E-state index contributed by atoms with van der Waals surface area (Å²) in [4.78, 5) is 11.6. The van der Waals surface area contributed by atoms with Crippen LogP contribution in [0.4, 0.5) is 4.39 Å². The molecule has 2 aliphatic carbocycles. The van der Waals surface area contributed by atoms with Crippen molar-refractivity contribution in [1.29, 1.82) is 0 Å². The van der Waals surface area contributed by atoms with Crippen LogP contribution in [-0.2, 0) is 11.2 Å². The molecule has 0 aliphatic heterocycles. The molecule has 18 heavy (non-hydrogen) atoms. The molecule has 0 heterocycles. The average Bonchev–Trinajstić information content (AvgIpc) is 2.93. The molecular formula is C14H14BrFO2. The van der Waals surface area contributed by atoms with Crippen molar-refractivity contribution in [3.63, 3.8) is 0 Å². The first kappa shape index (κ1) is 12.2. The SMILES string of the molecule is O=C(O)C1(Cc2cccc(F)c2Br)CC2CC2C1. The van der Waals surface area contributed by atoms with Gasteiger partial charge in [0.1, 0.15) is 5.82 Å². The van der Waals surface area contributed by atoms with Crippen LogP contribution in [0.3, 0.4) is 0 Å². The lowest BCUT2D eigenvalue weighted by Gasteiger charge is -2.26. The van der Waals surface area contributed by atoms with Crippen LogP contribution in [-0.4, -0.2) is 11.1 Å². The molecule has 2 atom stereocenters. The second-order valence-corrected chi connectivity index (χ2v) is 6.43. The number of rotatable bonds is 3. The minimum atomic E-state index is -0.731. The molecule has 0 spiro atoms. The third-order valence-electron chi connectivity index (χ3n) is 4.39. The molecule has 0 bridgehead atoms. The maximum absolute atomic E-state index is 13.5. The number of carbonyl (C=O) groups is 1.